The molecule has 0 bridgehead atoms. The topological polar surface area (TPSA) is 95.9 Å². The molecule has 0 aliphatic rings. The van der Waals surface area contributed by atoms with Gasteiger partial charge in [0.1, 0.15) is 11.2 Å². The molecule has 0 aliphatic heterocycles. The number of aromatic nitrogens is 3. The lowest BCUT2D eigenvalue weighted by Gasteiger charge is -2.00. The molecular formula is C9H7N3O3S. The first-order chi connectivity index (χ1) is 7.61. The molecule has 2 N–H and O–H groups in total. The van der Waals surface area contributed by atoms with Gasteiger partial charge in [0.25, 0.3) is 5.56 Å². The summed E-state index contributed by atoms with van der Waals surface area (Å²) >= 11 is 1.34. The number of nitrogens with zero attached hydrogens (tertiary/aromatic N) is 2. The molecule has 2 heterocycles. The minimum absolute atomic E-state index is 0.312. The predicted octanol–water partition coefficient (Wildman–Crippen LogP) is 0.738. The number of rotatable bonds is 2. The molecule has 0 fully saturated rings. The highest BCUT2D eigenvalue weighted by atomic mass is 32.2. The maximum Gasteiger partial charge on any atom is 0.341 e. The Bertz CT molecular complexity index is 623. The summed E-state index contributed by atoms with van der Waals surface area (Å²) in [6.45, 7) is 0. The third-order valence-corrected chi connectivity index (χ3v) is 2.55. The summed E-state index contributed by atoms with van der Waals surface area (Å²) in [6, 6.07) is 1.26. The second-order valence-electron chi connectivity index (χ2n) is 2.98. The maximum atomic E-state index is 11.4. The fourth-order valence-electron chi connectivity index (χ4n) is 1.23. The van der Waals surface area contributed by atoms with E-state index in [9.17, 15) is 9.59 Å². The maximum absolute atomic E-state index is 11.4. The van der Waals surface area contributed by atoms with E-state index in [1.165, 1.54) is 24.0 Å². The number of carboxylic acids is 1. The van der Waals surface area contributed by atoms with Gasteiger partial charge in [-0.3, -0.25) is 4.79 Å². The van der Waals surface area contributed by atoms with Gasteiger partial charge < -0.3 is 10.1 Å². The second kappa shape index (κ2) is 3.93. The van der Waals surface area contributed by atoms with Gasteiger partial charge >= 0.3 is 5.97 Å². The fourth-order valence-corrected chi connectivity index (χ4v) is 1.57. The van der Waals surface area contributed by atoms with Crippen molar-refractivity contribution in [2.45, 2.75) is 5.16 Å². The summed E-state index contributed by atoms with van der Waals surface area (Å²) in [5.74, 6) is -1.27. The van der Waals surface area contributed by atoms with Crippen LogP contribution in [0.4, 0.5) is 0 Å². The van der Waals surface area contributed by atoms with Crippen molar-refractivity contribution in [1.82, 2.24) is 15.0 Å². The Hall–Kier alpha value is -1.89. The summed E-state index contributed by atoms with van der Waals surface area (Å²) in [5, 5.41) is 9.78. The molecule has 0 aromatic carbocycles. The van der Waals surface area contributed by atoms with Gasteiger partial charge in [-0.15, -0.1) is 0 Å². The summed E-state index contributed by atoms with van der Waals surface area (Å²) in [6.07, 6.45) is 3.29. The van der Waals surface area contributed by atoms with Crippen LogP contribution in [-0.4, -0.2) is 32.3 Å². The highest BCUT2D eigenvalue weighted by Gasteiger charge is 2.10. The number of carbonyl (C=O) groups is 1. The van der Waals surface area contributed by atoms with Gasteiger partial charge in [-0.1, -0.05) is 11.8 Å². The van der Waals surface area contributed by atoms with E-state index in [1.54, 1.807) is 0 Å². The van der Waals surface area contributed by atoms with Crippen molar-refractivity contribution in [3.05, 3.63) is 28.2 Å². The lowest BCUT2D eigenvalue weighted by molar-refractivity contribution is 0.0695. The molecule has 2 aromatic heterocycles. The van der Waals surface area contributed by atoms with Crippen molar-refractivity contribution in [2.75, 3.05) is 6.26 Å². The molecule has 2 aromatic rings. The molecule has 16 heavy (non-hydrogen) atoms. The Morgan fingerprint density at radius 2 is 2.31 bits per heavy atom. The first kappa shape index (κ1) is 10.6. The van der Waals surface area contributed by atoms with Crippen LogP contribution in [0.5, 0.6) is 0 Å². The zero-order valence-electron chi connectivity index (χ0n) is 8.22. The molecule has 7 heteroatoms. The molecule has 2 rings (SSSR count). The van der Waals surface area contributed by atoms with Crippen molar-refractivity contribution < 1.29 is 9.90 Å². The first-order valence-corrected chi connectivity index (χ1v) is 5.51. The summed E-state index contributed by atoms with van der Waals surface area (Å²) in [4.78, 5) is 32.6. The predicted molar refractivity (Wildman–Crippen MR) is 58.9 cm³/mol. The fraction of sp³-hybridized carbons (Fsp3) is 0.111. The lowest BCUT2D eigenvalue weighted by Crippen LogP contribution is -2.17. The Labute approximate surface area is 93.7 Å². The van der Waals surface area contributed by atoms with Crippen LogP contribution in [0.2, 0.25) is 0 Å². The normalized spacial score (nSPS) is 10.6. The number of carboxylic acid groups (broad SMARTS) is 1. The Morgan fingerprint density at radius 1 is 1.56 bits per heavy atom. The Balaban J connectivity index is 2.74. The van der Waals surface area contributed by atoms with E-state index in [-0.39, 0.29) is 5.56 Å². The number of H-pyrrole nitrogens is 1. The molecule has 82 valence electrons. The van der Waals surface area contributed by atoms with Crippen molar-refractivity contribution in [1.29, 1.82) is 0 Å². The van der Waals surface area contributed by atoms with E-state index in [0.717, 1.165) is 0 Å². The number of hydrogen-bond donors (Lipinski definition) is 2. The van der Waals surface area contributed by atoms with Crippen LogP contribution >= 0.6 is 11.8 Å². The molecule has 0 spiro atoms. The van der Waals surface area contributed by atoms with Gasteiger partial charge in [0.15, 0.2) is 5.16 Å². The van der Waals surface area contributed by atoms with E-state index >= 15 is 0 Å². The van der Waals surface area contributed by atoms with E-state index in [2.05, 4.69) is 15.0 Å². The van der Waals surface area contributed by atoms with Gasteiger partial charge in [0.05, 0.1) is 0 Å². The van der Waals surface area contributed by atoms with Gasteiger partial charge in [-0.25, -0.2) is 14.8 Å². The van der Waals surface area contributed by atoms with Gasteiger partial charge in [0.2, 0.25) is 0 Å². The zero-order chi connectivity index (χ0) is 11.7. The van der Waals surface area contributed by atoms with Gasteiger partial charge in [-0.05, 0) is 12.3 Å². The SMILES string of the molecule is CSc1ncc2cc(C(=O)O)c(=O)[nH]c2n1. The minimum Gasteiger partial charge on any atom is -0.477 e. The molecule has 0 atom stereocenters. The van der Waals surface area contributed by atoms with Crippen molar-refractivity contribution >= 4 is 28.8 Å². The number of aromatic carboxylic acids is 1. The number of thioether (sulfide) groups is 1. The van der Waals surface area contributed by atoms with E-state index in [1.807, 2.05) is 6.26 Å². The van der Waals surface area contributed by atoms with Gasteiger partial charge in [-0.2, -0.15) is 0 Å². The quantitative estimate of drug-likeness (QED) is 0.590. The number of pyridine rings is 1. The van der Waals surface area contributed by atoms with Crippen LogP contribution in [-0.2, 0) is 0 Å². The average Bonchev–Trinajstić information content (AvgIpc) is 2.27. The van der Waals surface area contributed by atoms with Crippen molar-refractivity contribution in [3.8, 4) is 0 Å². The summed E-state index contributed by atoms with van der Waals surface area (Å²) < 4.78 is 0. The van der Waals surface area contributed by atoms with Crippen LogP contribution in [0.15, 0.2) is 22.2 Å². The van der Waals surface area contributed by atoms with E-state index in [4.69, 9.17) is 5.11 Å². The molecule has 0 radical (unpaired) electrons. The standard InChI is InChI=1S/C9H7N3O3S/c1-16-9-10-3-4-2-5(8(14)15)7(13)11-6(4)12-9/h2-3H,1H3,(H,14,15)(H,10,11,12,13). The largest absolute Gasteiger partial charge is 0.477 e. The third kappa shape index (κ3) is 1.76. The third-order valence-electron chi connectivity index (χ3n) is 1.98. The average molecular weight is 237 g/mol. The molecule has 0 saturated carbocycles. The minimum atomic E-state index is -1.27. The van der Waals surface area contributed by atoms with Gasteiger partial charge in [0, 0.05) is 11.6 Å². The van der Waals surface area contributed by atoms with Crippen molar-refractivity contribution in [2.24, 2.45) is 0 Å². The number of aromatic amines is 1. The highest BCUT2D eigenvalue weighted by Crippen LogP contribution is 2.12. The molecule has 0 aliphatic carbocycles. The summed E-state index contributed by atoms with van der Waals surface area (Å²) in [5.41, 5.74) is -0.631. The van der Waals surface area contributed by atoms with Crippen LogP contribution in [0.1, 0.15) is 10.4 Å². The monoisotopic (exact) mass is 237 g/mol. The van der Waals surface area contributed by atoms with Crippen LogP contribution in [0, 0.1) is 0 Å². The number of fused-ring (bicyclic) bond motifs is 1. The van der Waals surface area contributed by atoms with Crippen LogP contribution < -0.4 is 5.56 Å². The lowest BCUT2D eigenvalue weighted by atomic mass is 10.2. The number of hydrogen-bond acceptors (Lipinski definition) is 5. The zero-order valence-corrected chi connectivity index (χ0v) is 9.04. The second-order valence-corrected chi connectivity index (χ2v) is 3.75. The molecule has 6 nitrogen and oxygen atoms in total. The number of nitrogens with one attached hydrogen (secondary N) is 1. The van der Waals surface area contributed by atoms with E-state index < -0.39 is 11.5 Å². The summed E-state index contributed by atoms with van der Waals surface area (Å²) in [7, 11) is 0. The van der Waals surface area contributed by atoms with E-state index in [0.29, 0.717) is 16.2 Å². The molecular weight excluding hydrogens is 230 g/mol. The Kier molecular flexibility index (Phi) is 2.61. The van der Waals surface area contributed by atoms with Crippen molar-refractivity contribution in [3.63, 3.8) is 0 Å². The molecule has 0 amide bonds. The first-order valence-electron chi connectivity index (χ1n) is 4.29. The smallest absolute Gasteiger partial charge is 0.341 e. The molecule has 0 saturated heterocycles. The van der Waals surface area contributed by atoms with Crippen LogP contribution in [0.3, 0.4) is 0 Å². The highest BCUT2D eigenvalue weighted by molar-refractivity contribution is 7.98. The molecule has 0 unspecified atom stereocenters. The Morgan fingerprint density at radius 3 is 2.94 bits per heavy atom. The van der Waals surface area contributed by atoms with Crippen LogP contribution in [0.25, 0.3) is 11.0 Å².